The third-order valence-corrected chi connectivity index (χ3v) is 6.16. The molecule has 0 radical (unpaired) electrons. The quantitative estimate of drug-likeness (QED) is 0.276. The lowest BCUT2D eigenvalue weighted by atomic mass is 9.78. The highest BCUT2D eigenvalue weighted by Crippen LogP contribution is 2.40. The van der Waals surface area contributed by atoms with Gasteiger partial charge >= 0.3 is 0 Å². The fourth-order valence-electron chi connectivity index (χ4n) is 4.46. The minimum absolute atomic E-state index is 0.00849. The first-order chi connectivity index (χ1) is 16.2. The minimum atomic E-state index is -0.783. The fraction of sp³-hybridized carbons (Fsp3) is 0.261. The van der Waals surface area contributed by atoms with E-state index < -0.39 is 45.9 Å². The van der Waals surface area contributed by atoms with Crippen LogP contribution in [0.1, 0.15) is 29.3 Å². The number of hydrazine groups is 1. The first-order valence-corrected chi connectivity index (χ1v) is 10.5. The number of rotatable bonds is 6. The standard InChI is InChI=1S/C23H20N4O7/c1-14-5-4-7-18-20(14)23(30)25(22(18)29)24(13-16-6-2-3-8-19(16)27(33)34)21(28)15-9-11-17(12-10-15)26(31)32/h2-6,8-12,14,18,20H,7,13H2,1H3/t14-,18+,20+/m1/s1. The summed E-state index contributed by atoms with van der Waals surface area (Å²) in [6, 6.07) is 10.4. The molecule has 174 valence electrons. The SMILES string of the molecule is C[C@@H]1C=CC[C@@H]2C(=O)N(N(Cc3ccccc3[N+](=O)[O-])C(=O)c3ccc([N+](=O)[O-])cc3)C(=O)[C@@H]12. The van der Waals surface area contributed by atoms with Crippen LogP contribution >= 0.6 is 0 Å². The number of para-hydroxylation sites is 1. The molecule has 0 spiro atoms. The maximum Gasteiger partial charge on any atom is 0.274 e. The van der Waals surface area contributed by atoms with E-state index in [0.29, 0.717) is 6.42 Å². The van der Waals surface area contributed by atoms with E-state index in [-0.39, 0.29) is 28.4 Å². The number of nitrogens with zero attached hydrogens (tertiary/aromatic N) is 4. The van der Waals surface area contributed by atoms with Gasteiger partial charge in [-0.3, -0.25) is 34.6 Å². The Bertz CT molecular complexity index is 1220. The number of non-ortho nitro benzene ring substituents is 1. The molecule has 0 aromatic heterocycles. The molecule has 1 aliphatic heterocycles. The van der Waals surface area contributed by atoms with Crippen LogP contribution in [0.15, 0.2) is 60.7 Å². The summed E-state index contributed by atoms with van der Waals surface area (Å²) in [5.41, 5.74) is -0.383. The Hall–Kier alpha value is -4.41. The maximum atomic E-state index is 13.5. The third-order valence-electron chi connectivity index (χ3n) is 6.16. The Morgan fingerprint density at radius 3 is 2.32 bits per heavy atom. The van der Waals surface area contributed by atoms with E-state index in [2.05, 4.69) is 0 Å². The Morgan fingerprint density at radius 2 is 1.71 bits per heavy atom. The van der Waals surface area contributed by atoms with E-state index in [0.717, 1.165) is 22.2 Å². The van der Waals surface area contributed by atoms with Gasteiger partial charge in [0.2, 0.25) is 0 Å². The van der Waals surface area contributed by atoms with Crippen molar-refractivity contribution >= 4 is 29.1 Å². The van der Waals surface area contributed by atoms with Crippen molar-refractivity contribution in [2.45, 2.75) is 19.9 Å². The number of imide groups is 1. The van der Waals surface area contributed by atoms with E-state index in [9.17, 15) is 34.6 Å². The predicted octanol–water partition coefficient (Wildman–Crippen LogP) is 3.26. The summed E-state index contributed by atoms with van der Waals surface area (Å²) in [5, 5.41) is 24.2. The van der Waals surface area contributed by atoms with Gasteiger partial charge in [-0.25, -0.2) is 5.01 Å². The Morgan fingerprint density at radius 1 is 1.03 bits per heavy atom. The number of carbonyl (C=O) groups is 3. The van der Waals surface area contributed by atoms with Crippen LogP contribution in [-0.4, -0.2) is 37.6 Å². The van der Waals surface area contributed by atoms with Crippen molar-refractivity contribution in [2.24, 2.45) is 17.8 Å². The molecular weight excluding hydrogens is 444 g/mol. The van der Waals surface area contributed by atoms with Crippen LogP contribution in [0.5, 0.6) is 0 Å². The zero-order valence-electron chi connectivity index (χ0n) is 18.1. The molecule has 0 N–H and O–H groups in total. The van der Waals surface area contributed by atoms with Crippen LogP contribution in [0.3, 0.4) is 0 Å². The first-order valence-electron chi connectivity index (χ1n) is 10.5. The number of nitro groups is 2. The molecule has 11 heteroatoms. The number of hydrogen-bond donors (Lipinski definition) is 0. The number of nitro benzene ring substituents is 2. The average Bonchev–Trinajstić information content (AvgIpc) is 3.08. The van der Waals surface area contributed by atoms with Crippen LogP contribution in [0.2, 0.25) is 0 Å². The molecule has 0 saturated carbocycles. The Kier molecular flexibility index (Phi) is 5.93. The number of benzene rings is 2. The van der Waals surface area contributed by atoms with E-state index in [4.69, 9.17) is 0 Å². The molecule has 3 amide bonds. The van der Waals surface area contributed by atoms with E-state index >= 15 is 0 Å². The largest absolute Gasteiger partial charge is 0.274 e. The molecule has 1 aliphatic carbocycles. The Balaban J connectivity index is 1.76. The summed E-state index contributed by atoms with van der Waals surface area (Å²) in [4.78, 5) is 61.4. The highest BCUT2D eigenvalue weighted by Gasteiger charge is 2.53. The lowest BCUT2D eigenvalue weighted by Gasteiger charge is -2.30. The predicted molar refractivity (Wildman–Crippen MR) is 118 cm³/mol. The zero-order valence-corrected chi connectivity index (χ0v) is 18.1. The topological polar surface area (TPSA) is 144 Å². The average molecular weight is 464 g/mol. The molecule has 3 atom stereocenters. The van der Waals surface area contributed by atoms with Crippen molar-refractivity contribution in [3.63, 3.8) is 0 Å². The molecule has 0 bridgehead atoms. The van der Waals surface area contributed by atoms with Crippen molar-refractivity contribution in [1.29, 1.82) is 0 Å². The van der Waals surface area contributed by atoms with Crippen molar-refractivity contribution in [2.75, 3.05) is 0 Å². The molecule has 0 unspecified atom stereocenters. The van der Waals surface area contributed by atoms with Crippen molar-refractivity contribution in [3.8, 4) is 0 Å². The van der Waals surface area contributed by atoms with Gasteiger partial charge in [0.1, 0.15) is 0 Å². The van der Waals surface area contributed by atoms with Gasteiger partial charge in [0.25, 0.3) is 29.1 Å². The molecule has 4 rings (SSSR count). The summed E-state index contributed by atoms with van der Waals surface area (Å²) >= 11 is 0. The third kappa shape index (κ3) is 3.91. The first kappa shape index (κ1) is 22.8. The molecule has 1 heterocycles. The second kappa shape index (κ2) is 8.85. The van der Waals surface area contributed by atoms with E-state index in [1.165, 1.54) is 30.3 Å². The number of amides is 3. The molecule has 2 aliphatic rings. The number of fused-ring (bicyclic) bond motifs is 1. The Labute approximate surface area is 193 Å². The van der Waals surface area contributed by atoms with Crippen molar-refractivity contribution < 1.29 is 24.2 Å². The molecule has 1 fully saturated rings. The lowest BCUT2D eigenvalue weighted by Crippen LogP contribution is -2.50. The van der Waals surface area contributed by atoms with Crippen LogP contribution in [0.4, 0.5) is 11.4 Å². The summed E-state index contributed by atoms with van der Waals surface area (Å²) in [6.45, 7) is 1.40. The summed E-state index contributed by atoms with van der Waals surface area (Å²) in [7, 11) is 0. The smallest absolute Gasteiger partial charge is 0.272 e. The van der Waals surface area contributed by atoms with Crippen LogP contribution in [0.25, 0.3) is 0 Å². The normalized spacial score (nSPS) is 21.3. The monoisotopic (exact) mass is 464 g/mol. The highest BCUT2D eigenvalue weighted by molar-refractivity contribution is 6.08. The highest BCUT2D eigenvalue weighted by atomic mass is 16.6. The zero-order chi connectivity index (χ0) is 24.6. The van der Waals surface area contributed by atoms with Crippen molar-refractivity contribution in [3.05, 3.63) is 92.0 Å². The molecule has 2 aromatic rings. The van der Waals surface area contributed by atoms with Gasteiger partial charge in [0.15, 0.2) is 0 Å². The molecule has 1 saturated heterocycles. The second-order valence-corrected chi connectivity index (χ2v) is 8.20. The maximum absolute atomic E-state index is 13.5. The van der Waals surface area contributed by atoms with Gasteiger partial charge in [-0.1, -0.05) is 37.3 Å². The van der Waals surface area contributed by atoms with E-state index in [1.807, 2.05) is 19.1 Å². The van der Waals surface area contributed by atoms with Gasteiger partial charge < -0.3 is 0 Å². The fourth-order valence-corrected chi connectivity index (χ4v) is 4.46. The summed E-state index contributed by atoms with van der Waals surface area (Å²) in [5.74, 6) is -3.39. The van der Waals surface area contributed by atoms with Gasteiger partial charge in [-0.15, -0.1) is 0 Å². The summed E-state index contributed by atoms with van der Waals surface area (Å²) in [6.07, 6.45) is 4.02. The lowest BCUT2D eigenvalue weighted by molar-refractivity contribution is -0.385. The van der Waals surface area contributed by atoms with Crippen molar-refractivity contribution in [1.82, 2.24) is 10.0 Å². The number of allylic oxidation sites excluding steroid dienone is 2. The van der Waals surface area contributed by atoms with Gasteiger partial charge in [0, 0.05) is 23.8 Å². The molecule has 11 nitrogen and oxygen atoms in total. The number of carbonyl (C=O) groups excluding carboxylic acids is 3. The molecule has 2 aromatic carbocycles. The van der Waals surface area contributed by atoms with Gasteiger partial charge in [-0.05, 0) is 24.5 Å². The van der Waals surface area contributed by atoms with E-state index in [1.54, 1.807) is 6.07 Å². The minimum Gasteiger partial charge on any atom is -0.272 e. The summed E-state index contributed by atoms with van der Waals surface area (Å²) < 4.78 is 0. The van der Waals surface area contributed by atoms with Crippen LogP contribution in [0, 0.1) is 38.0 Å². The van der Waals surface area contributed by atoms with Crippen LogP contribution < -0.4 is 0 Å². The molecule has 34 heavy (non-hydrogen) atoms. The number of hydrogen-bond acceptors (Lipinski definition) is 7. The molecular formula is C23H20N4O7. The van der Waals surface area contributed by atoms with Crippen LogP contribution in [-0.2, 0) is 16.1 Å². The second-order valence-electron chi connectivity index (χ2n) is 8.20. The van der Waals surface area contributed by atoms with Gasteiger partial charge in [0.05, 0.1) is 33.8 Å². The van der Waals surface area contributed by atoms with Gasteiger partial charge in [-0.2, -0.15) is 5.01 Å².